The van der Waals surface area contributed by atoms with E-state index in [1.165, 1.54) is 0 Å². The average Bonchev–Trinajstić information content (AvgIpc) is 2.21. The molecule has 0 fully saturated rings. The Morgan fingerprint density at radius 2 is 2.13 bits per heavy atom. The average molecular weight is 250 g/mol. The van der Waals surface area contributed by atoms with Crippen molar-refractivity contribution in [1.82, 2.24) is 4.98 Å². The van der Waals surface area contributed by atoms with Gasteiger partial charge in [0, 0.05) is 7.05 Å². The molecule has 0 radical (unpaired) electrons. The molecule has 6 heteroatoms. The minimum Gasteiger partial charge on any atom is -0.394 e. The van der Waals surface area contributed by atoms with Crippen LogP contribution in [0, 0.1) is 0 Å². The van der Waals surface area contributed by atoms with Gasteiger partial charge in [0.1, 0.15) is 11.6 Å². The summed E-state index contributed by atoms with van der Waals surface area (Å²) in [4.78, 5) is 5.81. The van der Waals surface area contributed by atoms with E-state index in [0.29, 0.717) is 15.9 Å². The molecule has 1 aromatic heterocycles. The number of aliphatic hydroxyl groups excluding tert-OH is 1. The van der Waals surface area contributed by atoms with Gasteiger partial charge in [0.25, 0.3) is 0 Å². The van der Waals surface area contributed by atoms with Crippen LogP contribution in [0.2, 0.25) is 10.0 Å². The van der Waals surface area contributed by atoms with Crippen molar-refractivity contribution in [3.63, 3.8) is 0 Å². The molecule has 15 heavy (non-hydrogen) atoms. The van der Waals surface area contributed by atoms with Gasteiger partial charge in [0.15, 0.2) is 0 Å². The van der Waals surface area contributed by atoms with Crippen LogP contribution in [0.1, 0.15) is 6.92 Å². The van der Waals surface area contributed by atoms with Gasteiger partial charge >= 0.3 is 0 Å². The number of rotatable bonds is 3. The predicted octanol–water partition coefficient (Wildman–Crippen LogP) is 1.79. The zero-order valence-electron chi connectivity index (χ0n) is 8.54. The number of nitrogens with zero attached hydrogens (tertiary/aromatic N) is 2. The van der Waals surface area contributed by atoms with E-state index >= 15 is 0 Å². The van der Waals surface area contributed by atoms with Crippen LogP contribution in [0.25, 0.3) is 0 Å². The van der Waals surface area contributed by atoms with E-state index in [2.05, 4.69) is 4.98 Å². The van der Waals surface area contributed by atoms with Gasteiger partial charge in [-0.05, 0) is 13.0 Å². The maximum Gasteiger partial charge on any atom is 0.150 e. The first-order chi connectivity index (χ1) is 6.97. The molecule has 1 rings (SSSR count). The molecule has 0 aliphatic rings. The highest BCUT2D eigenvalue weighted by atomic mass is 35.5. The smallest absolute Gasteiger partial charge is 0.150 e. The van der Waals surface area contributed by atoms with E-state index < -0.39 is 0 Å². The lowest BCUT2D eigenvalue weighted by atomic mass is 10.3. The third-order valence-corrected chi connectivity index (χ3v) is 2.78. The van der Waals surface area contributed by atoms with Crippen molar-refractivity contribution in [2.75, 3.05) is 24.3 Å². The van der Waals surface area contributed by atoms with Crippen LogP contribution in [0.5, 0.6) is 0 Å². The zero-order valence-corrected chi connectivity index (χ0v) is 10.0. The maximum absolute atomic E-state index is 9.01. The lowest BCUT2D eigenvalue weighted by Crippen LogP contribution is -2.32. The fourth-order valence-electron chi connectivity index (χ4n) is 1.05. The summed E-state index contributed by atoms with van der Waals surface area (Å²) in [6, 6.07) is 1.46. The largest absolute Gasteiger partial charge is 0.394 e. The summed E-state index contributed by atoms with van der Waals surface area (Å²) in [6.07, 6.45) is 0. The monoisotopic (exact) mass is 249 g/mol. The minimum absolute atomic E-state index is 0.0110. The van der Waals surface area contributed by atoms with Gasteiger partial charge in [-0.3, -0.25) is 0 Å². The highest BCUT2D eigenvalue weighted by Gasteiger charge is 2.15. The molecule has 84 valence electrons. The zero-order chi connectivity index (χ0) is 11.6. The lowest BCUT2D eigenvalue weighted by molar-refractivity contribution is 0.270. The SMILES string of the molecule is CC(CO)N(C)c1nc(N)c(Cl)cc1Cl. The molecule has 0 saturated carbocycles. The van der Waals surface area contributed by atoms with Crippen molar-refractivity contribution in [3.8, 4) is 0 Å². The number of anilines is 2. The molecule has 1 atom stereocenters. The Balaban J connectivity index is 3.09. The van der Waals surface area contributed by atoms with Gasteiger partial charge in [0.05, 0.1) is 22.7 Å². The summed E-state index contributed by atoms with van der Waals surface area (Å²) in [6.45, 7) is 1.86. The Morgan fingerprint density at radius 1 is 1.53 bits per heavy atom. The van der Waals surface area contributed by atoms with E-state index in [1.807, 2.05) is 6.92 Å². The molecule has 1 heterocycles. The second-order valence-corrected chi connectivity index (χ2v) is 4.12. The van der Waals surface area contributed by atoms with Crippen molar-refractivity contribution in [1.29, 1.82) is 0 Å². The molecule has 0 saturated heterocycles. The van der Waals surface area contributed by atoms with Crippen molar-refractivity contribution >= 4 is 34.8 Å². The van der Waals surface area contributed by atoms with Crippen molar-refractivity contribution in [3.05, 3.63) is 16.1 Å². The lowest BCUT2D eigenvalue weighted by Gasteiger charge is -2.25. The third kappa shape index (κ3) is 2.65. The summed E-state index contributed by atoms with van der Waals surface area (Å²) in [5, 5.41) is 9.75. The maximum atomic E-state index is 9.01. The van der Waals surface area contributed by atoms with E-state index in [0.717, 1.165) is 0 Å². The van der Waals surface area contributed by atoms with E-state index in [4.69, 9.17) is 34.0 Å². The molecular weight excluding hydrogens is 237 g/mol. The van der Waals surface area contributed by atoms with E-state index in [1.54, 1.807) is 18.0 Å². The number of pyridine rings is 1. The Labute approximate surface area is 98.6 Å². The molecule has 0 spiro atoms. The Kier molecular flexibility index (Phi) is 4.02. The highest BCUT2D eigenvalue weighted by molar-refractivity contribution is 6.37. The number of hydrogen-bond donors (Lipinski definition) is 2. The Bertz CT molecular complexity index is 359. The molecule has 4 nitrogen and oxygen atoms in total. The normalized spacial score (nSPS) is 12.6. The Morgan fingerprint density at radius 3 is 2.67 bits per heavy atom. The number of nitrogen functional groups attached to an aromatic ring is 1. The second kappa shape index (κ2) is 4.88. The second-order valence-electron chi connectivity index (χ2n) is 3.30. The number of nitrogens with two attached hydrogens (primary N) is 1. The summed E-state index contributed by atoms with van der Waals surface area (Å²) in [7, 11) is 1.78. The molecule has 0 aliphatic heterocycles. The van der Waals surface area contributed by atoms with Gasteiger partial charge in [-0.25, -0.2) is 4.98 Å². The molecule has 1 aromatic rings. The molecule has 0 aliphatic carbocycles. The van der Waals surface area contributed by atoms with Crippen LogP contribution in [-0.2, 0) is 0 Å². The highest BCUT2D eigenvalue weighted by Crippen LogP contribution is 2.30. The van der Waals surface area contributed by atoms with Crippen molar-refractivity contribution in [2.24, 2.45) is 0 Å². The number of hydrogen-bond acceptors (Lipinski definition) is 4. The Hall–Kier alpha value is -0.710. The number of halogens is 2. The molecular formula is C9H13Cl2N3O. The van der Waals surface area contributed by atoms with Crippen molar-refractivity contribution < 1.29 is 5.11 Å². The number of likely N-dealkylation sites (N-methyl/N-ethyl adjacent to an activating group) is 1. The molecule has 3 N–H and O–H groups in total. The molecule has 0 bridgehead atoms. The first kappa shape index (κ1) is 12.4. The third-order valence-electron chi connectivity index (χ3n) is 2.20. The van der Waals surface area contributed by atoms with Crippen LogP contribution < -0.4 is 10.6 Å². The van der Waals surface area contributed by atoms with Gasteiger partial charge in [-0.2, -0.15) is 0 Å². The van der Waals surface area contributed by atoms with Crippen LogP contribution in [-0.4, -0.2) is 29.8 Å². The molecule has 0 amide bonds. The fraction of sp³-hybridized carbons (Fsp3) is 0.444. The molecule has 1 unspecified atom stereocenters. The van der Waals surface area contributed by atoms with E-state index in [-0.39, 0.29) is 18.5 Å². The fourth-order valence-corrected chi connectivity index (χ4v) is 1.54. The molecule has 0 aromatic carbocycles. The van der Waals surface area contributed by atoms with Gasteiger partial charge < -0.3 is 15.7 Å². The first-order valence-electron chi connectivity index (χ1n) is 4.42. The first-order valence-corrected chi connectivity index (χ1v) is 5.18. The van der Waals surface area contributed by atoms with Crippen LogP contribution >= 0.6 is 23.2 Å². The summed E-state index contributed by atoms with van der Waals surface area (Å²) >= 11 is 11.7. The van der Waals surface area contributed by atoms with Gasteiger partial charge in [0.2, 0.25) is 0 Å². The van der Waals surface area contributed by atoms with Gasteiger partial charge in [-0.15, -0.1) is 0 Å². The van der Waals surface area contributed by atoms with Crippen LogP contribution in [0.15, 0.2) is 6.07 Å². The van der Waals surface area contributed by atoms with Crippen LogP contribution in [0.3, 0.4) is 0 Å². The quantitative estimate of drug-likeness (QED) is 0.858. The van der Waals surface area contributed by atoms with Gasteiger partial charge in [-0.1, -0.05) is 23.2 Å². The van der Waals surface area contributed by atoms with E-state index in [9.17, 15) is 0 Å². The van der Waals surface area contributed by atoms with Crippen molar-refractivity contribution in [2.45, 2.75) is 13.0 Å². The number of aliphatic hydroxyl groups is 1. The number of aromatic nitrogens is 1. The topological polar surface area (TPSA) is 62.4 Å². The standard InChI is InChI=1S/C9H13Cl2N3O/c1-5(4-15)14(2)9-7(11)3-6(10)8(12)13-9/h3,5,15H,4H2,1-2H3,(H2,12,13). The predicted molar refractivity (Wildman–Crippen MR) is 63.6 cm³/mol. The summed E-state index contributed by atoms with van der Waals surface area (Å²) in [5.41, 5.74) is 5.58. The minimum atomic E-state index is -0.0874. The summed E-state index contributed by atoms with van der Waals surface area (Å²) in [5.74, 6) is 0.744. The van der Waals surface area contributed by atoms with Crippen LogP contribution in [0.4, 0.5) is 11.6 Å². The summed E-state index contributed by atoms with van der Waals surface area (Å²) < 4.78 is 0.